The van der Waals surface area contributed by atoms with Gasteiger partial charge < -0.3 is 127 Å². The van der Waals surface area contributed by atoms with Crippen LogP contribution in [0.25, 0.3) is 0 Å². The van der Waals surface area contributed by atoms with Gasteiger partial charge in [-0.1, -0.05) is 0 Å². The van der Waals surface area contributed by atoms with Gasteiger partial charge in [-0.15, -0.1) is 0 Å². The number of amides is 24. The summed E-state index contributed by atoms with van der Waals surface area (Å²) in [5.74, 6) is -18.4. The van der Waals surface area contributed by atoms with E-state index < -0.39 is 316 Å². The summed E-state index contributed by atoms with van der Waals surface area (Å²) < 4.78 is 5.19. The van der Waals surface area contributed by atoms with E-state index in [1.807, 2.05) is 0 Å². The molecule has 0 aliphatic carbocycles. The maximum absolute atomic E-state index is 13.2. The molecule has 52 heteroatoms. The number of carbonyl (C=O) groups is 26. The highest BCUT2D eigenvalue weighted by Crippen LogP contribution is 2.12. The minimum atomic E-state index is -1.25. The van der Waals surface area contributed by atoms with Crippen molar-refractivity contribution in [3.8, 4) is 0 Å². The highest BCUT2D eigenvalue weighted by Gasteiger charge is 2.33. The van der Waals surface area contributed by atoms with Gasteiger partial charge in [-0.05, 0) is 20.8 Å². The molecule has 0 rings (SSSR count). The van der Waals surface area contributed by atoms with Gasteiger partial charge in [0.2, 0.25) is 142 Å². The summed E-state index contributed by atoms with van der Waals surface area (Å²) in [7, 11) is 30.6. The highest BCUT2D eigenvalue weighted by atomic mass is 16.6. The molecule has 0 aliphatic rings. The number of carbonyl (C=O) groups excluding carboxylic acids is 25. The Morgan fingerprint density at radius 1 is 0.152 bits per heavy atom. The van der Waals surface area contributed by atoms with Gasteiger partial charge in [0.15, 0.2) is 0 Å². The third-order valence-corrected chi connectivity index (χ3v) is 20.1. The van der Waals surface area contributed by atoms with E-state index in [0.29, 0.717) is 0 Å². The molecule has 0 unspecified atom stereocenters. The molecular formula is C80H134N24O28. The van der Waals surface area contributed by atoms with Crippen molar-refractivity contribution < 1.29 is 135 Å². The zero-order valence-corrected chi connectivity index (χ0v) is 81.1. The van der Waals surface area contributed by atoms with Crippen molar-refractivity contribution >= 4 is 154 Å². The molecule has 0 atom stereocenters. The Balaban J connectivity index is 5.07. The molecule has 1 N–H and O–H groups in total. The lowest BCUT2D eigenvalue weighted by atomic mass is 10.2. The number of nitrogens with zero attached hydrogens (tertiary/aromatic N) is 24. The lowest BCUT2D eigenvalue weighted by Gasteiger charge is -2.28. The Bertz CT molecular complexity index is 4140. The molecule has 0 aromatic carbocycles. The van der Waals surface area contributed by atoms with Crippen molar-refractivity contribution in [1.82, 2.24) is 118 Å². The van der Waals surface area contributed by atoms with E-state index in [1.54, 1.807) is 20.8 Å². The van der Waals surface area contributed by atoms with Crippen LogP contribution in [-0.4, -0.2) is 608 Å². The predicted molar refractivity (Wildman–Crippen MR) is 466 cm³/mol. The summed E-state index contributed by atoms with van der Waals surface area (Å²) in [5.41, 5.74) is -0.739. The lowest BCUT2D eigenvalue weighted by Crippen LogP contribution is -2.50. The van der Waals surface area contributed by atoms with Crippen LogP contribution in [0.3, 0.4) is 0 Å². The van der Waals surface area contributed by atoms with E-state index in [9.17, 15) is 125 Å². The van der Waals surface area contributed by atoms with Crippen LogP contribution in [0.15, 0.2) is 0 Å². The second-order valence-corrected chi connectivity index (χ2v) is 33.5. The molecule has 0 aromatic heterocycles. The van der Waals surface area contributed by atoms with Gasteiger partial charge in [0.05, 0.1) is 157 Å². The number of esters is 1. The fourth-order valence-electron chi connectivity index (χ4n) is 10.6. The van der Waals surface area contributed by atoms with Crippen molar-refractivity contribution in [1.29, 1.82) is 0 Å². The number of ether oxygens (including phenoxy) is 1. The lowest BCUT2D eigenvalue weighted by molar-refractivity contribution is -0.156. The van der Waals surface area contributed by atoms with Gasteiger partial charge >= 0.3 is 11.9 Å². The molecule has 0 aliphatic heterocycles. The minimum absolute atomic E-state index is 0.197. The molecule has 0 heterocycles. The van der Waals surface area contributed by atoms with Crippen LogP contribution in [0, 0.1) is 0 Å². The van der Waals surface area contributed by atoms with E-state index in [2.05, 4.69) is 0 Å². The second-order valence-electron chi connectivity index (χ2n) is 33.5. The smallest absolute Gasteiger partial charge is 0.323 e. The van der Waals surface area contributed by atoms with Crippen LogP contribution in [0.4, 0.5) is 0 Å². The topological polar surface area (TPSA) is 551 Å². The molecule has 0 radical (unpaired) electrons. The fourth-order valence-corrected chi connectivity index (χ4v) is 10.6. The van der Waals surface area contributed by atoms with E-state index in [-0.39, 0.29) is 12.8 Å². The average molecular weight is 1880 g/mol. The molecular weight excluding hydrogens is 1750 g/mol. The normalized spacial score (nSPS) is 10.6. The van der Waals surface area contributed by atoms with Crippen molar-refractivity contribution in [2.45, 2.75) is 39.2 Å². The maximum Gasteiger partial charge on any atom is 0.323 e. The number of aliphatic carboxylic acids is 1. The van der Waals surface area contributed by atoms with E-state index in [1.165, 1.54) is 169 Å². The Morgan fingerprint density at radius 3 is 0.318 bits per heavy atom. The van der Waals surface area contributed by atoms with Crippen LogP contribution < -0.4 is 0 Å². The minimum Gasteiger partial charge on any atom is -0.480 e. The Kier molecular flexibility index (Phi) is 49.5. The van der Waals surface area contributed by atoms with Crippen LogP contribution in [-0.2, 0) is 129 Å². The first-order valence-electron chi connectivity index (χ1n) is 40.8. The summed E-state index contributed by atoms with van der Waals surface area (Å²) in [5, 5.41) is 8.90. The van der Waals surface area contributed by atoms with Crippen molar-refractivity contribution in [2.75, 3.05) is 326 Å². The number of hydrogen-bond acceptors (Lipinski definition) is 27. The van der Waals surface area contributed by atoms with Crippen LogP contribution in [0.5, 0.6) is 0 Å². The predicted octanol–water partition coefficient (Wildman–Crippen LogP) is -11.8. The second kappa shape index (κ2) is 55.3. The number of carboxylic acids is 1. The number of hydrogen-bond donors (Lipinski definition) is 1. The van der Waals surface area contributed by atoms with Gasteiger partial charge in [-0.25, -0.2) is 0 Å². The van der Waals surface area contributed by atoms with E-state index in [0.717, 1.165) is 118 Å². The van der Waals surface area contributed by atoms with Crippen LogP contribution in [0.1, 0.15) is 33.6 Å². The first kappa shape index (κ1) is 118. The summed E-state index contributed by atoms with van der Waals surface area (Å²) in [6.07, 6.45) is -0.402. The molecule has 0 spiro atoms. The third-order valence-electron chi connectivity index (χ3n) is 20.1. The van der Waals surface area contributed by atoms with Gasteiger partial charge in [0.1, 0.15) is 12.1 Å². The van der Waals surface area contributed by atoms with Gasteiger partial charge in [0, 0.05) is 176 Å². The zero-order chi connectivity index (χ0) is 102. The molecule has 132 heavy (non-hydrogen) atoms. The van der Waals surface area contributed by atoms with Gasteiger partial charge in [-0.3, -0.25) is 125 Å². The molecule has 0 saturated heterocycles. The first-order chi connectivity index (χ1) is 60.6. The van der Waals surface area contributed by atoms with Crippen molar-refractivity contribution in [3.05, 3.63) is 0 Å². The molecule has 742 valence electrons. The van der Waals surface area contributed by atoms with Crippen molar-refractivity contribution in [3.63, 3.8) is 0 Å². The van der Waals surface area contributed by atoms with Crippen molar-refractivity contribution in [2.24, 2.45) is 0 Å². The monoisotopic (exact) mass is 1880 g/mol. The van der Waals surface area contributed by atoms with Gasteiger partial charge in [-0.2, -0.15) is 0 Å². The molecule has 0 fully saturated rings. The van der Waals surface area contributed by atoms with Crippen LogP contribution >= 0.6 is 0 Å². The summed E-state index contributed by atoms with van der Waals surface area (Å²) >= 11 is 0. The number of carboxylic acid groups (broad SMARTS) is 1. The molecule has 0 saturated carbocycles. The summed E-state index contributed by atoms with van der Waals surface area (Å²) in [6.45, 7) is -7.77. The Labute approximate surface area is 768 Å². The average Bonchev–Trinajstić information content (AvgIpc) is 0.758. The van der Waals surface area contributed by atoms with Crippen LogP contribution in [0.2, 0.25) is 0 Å². The molecule has 0 bridgehead atoms. The first-order valence-corrected chi connectivity index (χ1v) is 40.8. The van der Waals surface area contributed by atoms with Gasteiger partial charge in [0.25, 0.3) is 0 Å². The molecule has 24 amide bonds. The number of likely N-dealkylation sites (N-methyl/N-ethyl adjacent to an activating group) is 24. The van der Waals surface area contributed by atoms with E-state index in [4.69, 9.17) is 9.84 Å². The zero-order valence-electron chi connectivity index (χ0n) is 81.1. The maximum atomic E-state index is 13.2. The Morgan fingerprint density at radius 2 is 0.235 bits per heavy atom. The Hall–Kier alpha value is -13.8. The largest absolute Gasteiger partial charge is 0.480 e. The summed E-state index contributed by atoms with van der Waals surface area (Å²) in [6, 6.07) is 0. The number of rotatable bonds is 51. The standard InChI is InChI=1S/C80H134N24O28/c1-80(2,3)132-79(131)29-28-54(105)81(4)30-55(106)82(5)31-56(107)83(6)32-57(108)84(7)33-58(109)85(8)34-59(110)86(9)35-60(111)87(10)36-61(112)88(11)37-62(113)89(12)38-63(114)90(13)39-64(115)91(14)40-65(116)92(15)41-66(117)93(16)42-67(118)94(17)43-68(119)95(18)44-69(120)96(19)45-70(121)97(20)46-71(122)98(21)47-72(123)99(22)48-73(124)100(23)49-74(125)101(24)50-75(126)102(25)51-76(127)103(26)52-77(128)104(27)53-78(129)130/h28-53H2,1-27H3,(H,129,130). The SMILES string of the molecule is CN(CC(=O)O)C(=O)CN(C)C(=O)CN(C)C(=O)CN(C)C(=O)CN(C)C(=O)CN(C)C(=O)CN(C)C(=O)CN(C)C(=O)CN(C)C(=O)CN(C)C(=O)CN(C)C(=O)CN(C)C(=O)CN(C)C(=O)CN(C)C(=O)CN(C)C(=O)CN(C)C(=O)CN(C)C(=O)CN(C)C(=O)CN(C)C(=O)CN(C)C(=O)CN(C)C(=O)CN(C)C(=O)CN(C)C(=O)CN(C)C(=O)CCC(=O)OC(C)(C)C. The fraction of sp³-hybridized carbons (Fsp3) is 0.675. The molecule has 0 aromatic rings. The molecule has 52 nitrogen and oxygen atoms in total. The third kappa shape index (κ3) is 43.6. The summed E-state index contributed by atoms with van der Waals surface area (Å²) in [4.78, 5) is 360. The highest BCUT2D eigenvalue weighted by molar-refractivity contribution is 5.99. The quantitative estimate of drug-likeness (QED) is 0.0553. The van der Waals surface area contributed by atoms with E-state index >= 15 is 0 Å².